The van der Waals surface area contributed by atoms with Crippen molar-refractivity contribution in [3.8, 4) is 0 Å². The Balaban J connectivity index is 1.96. The Morgan fingerprint density at radius 3 is 2.69 bits per heavy atom. The van der Waals surface area contributed by atoms with Gasteiger partial charge in [0.2, 0.25) is 11.8 Å². The van der Waals surface area contributed by atoms with Crippen molar-refractivity contribution in [3.05, 3.63) is 11.8 Å². The van der Waals surface area contributed by atoms with Crippen LogP contribution in [0.1, 0.15) is 30.5 Å². The zero-order valence-electron chi connectivity index (χ0n) is 8.60. The Hall–Kier alpha value is -1.30. The predicted octanol–water partition coefficient (Wildman–Crippen LogP) is 1.67. The van der Waals surface area contributed by atoms with Crippen molar-refractivity contribution in [2.45, 2.75) is 24.6 Å². The highest BCUT2D eigenvalue weighted by Crippen LogP contribution is 2.27. The van der Waals surface area contributed by atoms with Crippen LogP contribution in [0.2, 0.25) is 0 Å². The van der Waals surface area contributed by atoms with Gasteiger partial charge in [-0.05, 0) is 12.8 Å². The zero-order valence-corrected chi connectivity index (χ0v) is 9.35. The Morgan fingerprint density at radius 2 is 2.19 bits per heavy atom. The van der Waals surface area contributed by atoms with E-state index in [0.29, 0.717) is 24.9 Å². The molecule has 7 heteroatoms. The van der Waals surface area contributed by atoms with Gasteiger partial charge in [-0.1, -0.05) is 0 Å². The smallest absolute Gasteiger partial charge is 0.407 e. The molecule has 1 amide bonds. The minimum atomic E-state index is -0.870. The molecule has 2 heterocycles. The fraction of sp³-hybridized carbons (Fsp3) is 0.667. The Labute approximate surface area is 97.2 Å². The van der Waals surface area contributed by atoms with Crippen LogP contribution >= 0.6 is 11.6 Å². The summed E-state index contributed by atoms with van der Waals surface area (Å²) in [6.07, 6.45) is 0.567. The third-order valence-corrected chi connectivity index (χ3v) is 2.94. The summed E-state index contributed by atoms with van der Waals surface area (Å²) in [7, 11) is 0. The van der Waals surface area contributed by atoms with Crippen molar-refractivity contribution in [2.24, 2.45) is 0 Å². The van der Waals surface area contributed by atoms with E-state index in [0.717, 1.165) is 12.8 Å². The van der Waals surface area contributed by atoms with E-state index in [4.69, 9.17) is 21.1 Å². The maximum Gasteiger partial charge on any atom is 0.407 e. The molecule has 0 saturated carbocycles. The summed E-state index contributed by atoms with van der Waals surface area (Å²) >= 11 is 5.56. The Bertz CT molecular complexity index is 374. The van der Waals surface area contributed by atoms with Crippen molar-refractivity contribution < 1.29 is 14.3 Å². The number of halogens is 1. The molecular formula is C9H12ClN3O3. The highest BCUT2D eigenvalue weighted by atomic mass is 35.5. The summed E-state index contributed by atoms with van der Waals surface area (Å²) in [5.41, 5.74) is 0. The van der Waals surface area contributed by atoms with E-state index in [1.807, 2.05) is 0 Å². The molecule has 88 valence electrons. The molecule has 1 aliphatic rings. The van der Waals surface area contributed by atoms with Crippen LogP contribution < -0.4 is 0 Å². The van der Waals surface area contributed by atoms with Crippen LogP contribution in [0.25, 0.3) is 0 Å². The molecule has 0 radical (unpaired) electrons. The molecule has 1 aliphatic heterocycles. The lowest BCUT2D eigenvalue weighted by Gasteiger charge is -2.27. The van der Waals surface area contributed by atoms with Gasteiger partial charge in [0, 0.05) is 19.0 Å². The van der Waals surface area contributed by atoms with Gasteiger partial charge < -0.3 is 14.4 Å². The fourth-order valence-corrected chi connectivity index (χ4v) is 1.91. The highest BCUT2D eigenvalue weighted by molar-refractivity contribution is 6.16. The lowest BCUT2D eigenvalue weighted by Crippen LogP contribution is -2.36. The van der Waals surface area contributed by atoms with Gasteiger partial charge in [0.1, 0.15) is 5.88 Å². The summed E-state index contributed by atoms with van der Waals surface area (Å²) in [5.74, 6) is 1.35. The van der Waals surface area contributed by atoms with Gasteiger partial charge in [-0.3, -0.25) is 0 Å². The monoisotopic (exact) mass is 245 g/mol. The van der Waals surface area contributed by atoms with E-state index >= 15 is 0 Å². The van der Waals surface area contributed by atoms with Crippen molar-refractivity contribution in [2.75, 3.05) is 13.1 Å². The lowest BCUT2D eigenvalue weighted by molar-refractivity contribution is 0.129. The van der Waals surface area contributed by atoms with E-state index < -0.39 is 6.09 Å². The predicted molar refractivity (Wildman–Crippen MR) is 55.4 cm³/mol. The van der Waals surface area contributed by atoms with Crippen LogP contribution in [0.15, 0.2) is 4.42 Å². The average Bonchev–Trinajstić information content (AvgIpc) is 2.77. The number of carbonyl (C=O) groups is 1. The highest BCUT2D eigenvalue weighted by Gasteiger charge is 2.26. The minimum absolute atomic E-state index is 0.153. The Kier molecular flexibility index (Phi) is 3.28. The number of amides is 1. The van der Waals surface area contributed by atoms with Gasteiger partial charge >= 0.3 is 6.09 Å². The lowest BCUT2D eigenvalue weighted by atomic mass is 9.97. The van der Waals surface area contributed by atoms with E-state index in [1.54, 1.807) is 0 Å². The molecule has 1 aromatic heterocycles. The first kappa shape index (κ1) is 11.2. The number of alkyl halides is 1. The van der Waals surface area contributed by atoms with Gasteiger partial charge in [0.05, 0.1) is 0 Å². The molecule has 0 aromatic carbocycles. The summed E-state index contributed by atoms with van der Waals surface area (Å²) in [4.78, 5) is 12.1. The van der Waals surface area contributed by atoms with Gasteiger partial charge in [0.15, 0.2) is 0 Å². The third-order valence-electron chi connectivity index (χ3n) is 2.71. The first-order valence-corrected chi connectivity index (χ1v) is 5.60. The standard InChI is InChI=1S/C9H12ClN3O3/c10-5-7-11-12-8(16-7)6-1-3-13(4-2-6)9(14)15/h6H,1-5H2,(H,14,15). The van der Waals surface area contributed by atoms with Crippen LogP contribution in [0.5, 0.6) is 0 Å². The molecular weight excluding hydrogens is 234 g/mol. The first-order chi connectivity index (χ1) is 7.70. The summed E-state index contributed by atoms with van der Waals surface area (Å²) in [6, 6.07) is 0. The molecule has 1 saturated heterocycles. The second-order valence-corrected chi connectivity index (χ2v) is 3.98. The summed E-state index contributed by atoms with van der Waals surface area (Å²) < 4.78 is 5.35. The number of rotatable bonds is 2. The quantitative estimate of drug-likeness (QED) is 0.802. The van der Waals surface area contributed by atoms with Crippen LogP contribution in [-0.2, 0) is 5.88 Å². The molecule has 1 aromatic rings. The third kappa shape index (κ3) is 2.27. The number of likely N-dealkylation sites (tertiary alicyclic amines) is 1. The normalized spacial score (nSPS) is 17.7. The summed E-state index contributed by atoms with van der Waals surface area (Å²) in [6.45, 7) is 1.02. The Morgan fingerprint density at radius 1 is 1.50 bits per heavy atom. The van der Waals surface area contributed by atoms with Crippen LogP contribution in [0.3, 0.4) is 0 Å². The molecule has 2 rings (SSSR count). The molecule has 0 spiro atoms. The van der Waals surface area contributed by atoms with Crippen LogP contribution in [-0.4, -0.2) is 39.4 Å². The molecule has 16 heavy (non-hydrogen) atoms. The number of nitrogens with zero attached hydrogens (tertiary/aromatic N) is 3. The average molecular weight is 246 g/mol. The minimum Gasteiger partial charge on any atom is -0.465 e. The number of hydrogen-bond acceptors (Lipinski definition) is 4. The maximum atomic E-state index is 10.7. The number of carboxylic acid groups (broad SMARTS) is 1. The molecule has 1 N–H and O–H groups in total. The molecule has 6 nitrogen and oxygen atoms in total. The number of piperidine rings is 1. The molecule has 0 aliphatic carbocycles. The second kappa shape index (κ2) is 4.69. The van der Waals surface area contributed by atoms with Gasteiger partial charge in [0.25, 0.3) is 0 Å². The number of hydrogen-bond donors (Lipinski definition) is 1. The van der Waals surface area contributed by atoms with E-state index in [9.17, 15) is 4.79 Å². The van der Waals surface area contributed by atoms with Crippen LogP contribution in [0, 0.1) is 0 Å². The SMILES string of the molecule is O=C(O)N1CCC(c2nnc(CCl)o2)CC1. The zero-order chi connectivity index (χ0) is 11.5. The van der Waals surface area contributed by atoms with Crippen molar-refractivity contribution in [1.82, 2.24) is 15.1 Å². The van der Waals surface area contributed by atoms with Crippen molar-refractivity contribution in [3.63, 3.8) is 0 Å². The van der Waals surface area contributed by atoms with Gasteiger partial charge in [-0.25, -0.2) is 4.79 Å². The maximum absolute atomic E-state index is 10.7. The number of aromatic nitrogens is 2. The molecule has 0 unspecified atom stereocenters. The second-order valence-electron chi connectivity index (χ2n) is 3.71. The molecule has 1 fully saturated rings. The summed E-state index contributed by atoms with van der Waals surface area (Å²) in [5, 5.41) is 16.5. The fourth-order valence-electron chi connectivity index (χ4n) is 1.80. The van der Waals surface area contributed by atoms with Crippen molar-refractivity contribution >= 4 is 17.7 Å². The van der Waals surface area contributed by atoms with Crippen molar-refractivity contribution in [1.29, 1.82) is 0 Å². The van der Waals surface area contributed by atoms with E-state index in [2.05, 4.69) is 10.2 Å². The van der Waals surface area contributed by atoms with Gasteiger partial charge in [-0.2, -0.15) is 0 Å². The molecule has 0 bridgehead atoms. The van der Waals surface area contributed by atoms with Crippen LogP contribution in [0.4, 0.5) is 4.79 Å². The topological polar surface area (TPSA) is 79.5 Å². The molecule has 0 atom stereocenters. The first-order valence-electron chi connectivity index (χ1n) is 5.07. The van der Waals surface area contributed by atoms with E-state index in [1.165, 1.54) is 4.90 Å². The van der Waals surface area contributed by atoms with E-state index in [-0.39, 0.29) is 11.8 Å². The largest absolute Gasteiger partial charge is 0.465 e. The van der Waals surface area contributed by atoms with Gasteiger partial charge in [-0.15, -0.1) is 21.8 Å².